The number of amides is 1. The topological polar surface area (TPSA) is 118 Å². The van der Waals surface area contributed by atoms with Crippen LogP contribution in [0.4, 0.5) is 18.9 Å². The van der Waals surface area contributed by atoms with Gasteiger partial charge in [-0.2, -0.15) is 13.2 Å². The van der Waals surface area contributed by atoms with Crippen molar-refractivity contribution in [2.45, 2.75) is 37.1 Å². The Morgan fingerprint density at radius 2 is 1.89 bits per heavy atom. The van der Waals surface area contributed by atoms with Crippen molar-refractivity contribution in [3.8, 4) is 17.2 Å². The number of nitrogens with zero attached hydrogens (tertiary/aromatic N) is 1. The molecule has 0 aromatic heterocycles. The van der Waals surface area contributed by atoms with Crippen LogP contribution in [0.3, 0.4) is 0 Å². The van der Waals surface area contributed by atoms with E-state index in [9.17, 15) is 33.0 Å². The summed E-state index contributed by atoms with van der Waals surface area (Å²) in [6.45, 7) is 0.465. The molecule has 2 aliphatic rings. The molecule has 2 aromatic carbocycles. The maximum atomic E-state index is 12.2. The lowest BCUT2D eigenvalue weighted by Gasteiger charge is -2.39. The first kappa shape index (κ1) is 26.6. The number of alkyl halides is 3. The number of β-amino-alcohol motifs (C(OH)–C–C–N with tert-alkyl or cyclic N) is 1. The molecule has 1 spiro atoms. The Balaban J connectivity index is 1.24. The minimum atomic E-state index is -5.21. The van der Waals surface area contributed by atoms with Gasteiger partial charge in [0, 0.05) is 45.0 Å². The summed E-state index contributed by atoms with van der Waals surface area (Å²) in [6, 6.07) is 11.7. The monoisotopic (exact) mass is 524 g/mol. The van der Waals surface area contributed by atoms with Crippen LogP contribution in [-0.4, -0.2) is 77.7 Å². The first-order chi connectivity index (χ1) is 17.5. The molecule has 0 saturated carbocycles. The highest BCUT2D eigenvalue weighted by molar-refractivity contribution is 5.94. The molecule has 1 amide bonds. The van der Waals surface area contributed by atoms with Crippen molar-refractivity contribution >= 4 is 17.6 Å². The van der Waals surface area contributed by atoms with Crippen molar-refractivity contribution in [3.05, 3.63) is 48.0 Å². The average molecular weight is 524 g/mol. The number of piperidine rings is 1. The van der Waals surface area contributed by atoms with Gasteiger partial charge < -0.3 is 34.6 Å². The number of phenols is 1. The van der Waals surface area contributed by atoms with Crippen LogP contribution in [0.25, 0.3) is 0 Å². The Morgan fingerprint density at radius 1 is 1.16 bits per heavy atom. The molecule has 4 rings (SSSR count). The standard InChI is InChI=1S/C25H27F3N2O7/c26-25(27,28)23(34)36-15-22(33)29-19-6-5-17(31)11-21(19)35-14-18(32)13-30-9-7-24(8-10-30)12-16-3-1-2-4-20(16)37-24/h1-6,11,18,31-32H,7-10,12-15H2,(H,29,33)/t18-/m1/s1. The number of para-hydroxylation sites is 1. The van der Waals surface area contributed by atoms with Crippen molar-refractivity contribution in [1.82, 2.24) is 4.90 Å². The van der Waals surface area contributed by atoms with E-state index in [1.54, 1.807) is 0 Å². The third kappa shape index (κ3) is 6.83. The second-order valence-corrected chi connectivity index (χ2v) is 9.14. The zero-order valence-corrected chi connectivity index (χ0v) is 19.8. The Labute approximate surface area is 210 Å². The van der Waals surface area contributed by atoms with Crippen LogP contribution in [0.2, 0.25) is 0 Å². The first-order valence-corrected chi connectivity index (χ1v) is 11.7. The van der Waals surface area contributed by atoms with Gasteiger partial charge >= 0.3 is 12.1 Å². The number of benzene rings is 2. The fraction of sp³-hybridized carbons (Fsp3) is 0.440. The maximum Gasteiger partial charge on any atom is 0.490 e. The molecule has 1 atom stereocenters. The lowest BCUT2D eigenvalue weighted by atomic mass is 9.87. The van der Waals surface area contributed by atoms with Crippen LogP contribution in [0, 0.1) is 0 Å². The smallest absolute Gasteiger partial charge is 0.490 e. The average Bonchev–Trinajstić information content (AvgIpc) is 3.21. The third-order valence-corrected chi connectivity index (χ3v) is 6.28. The van der Waals surface area contributed by atoms with Gasteiger partial charge in [0.2, 0.25) is 0 Å². The van der Waals surface area contributed by atoms with Crippen molar-refractivity contribution in [2.24, 2.45) is 0 Å². The maximum absolute atomic E-state index is 12.2. The molecule has 2 aromatic rings. The van der Waals surface area contributed by atoms with Gasteiger partial charge in [-0.25, -0.2) is 4.79 Å². The Hall–Kier alpha value is -3.51. The van der Waals surface area contributed by atoms with Gasteiger partial charge in [0.1, 0.15) is 35.6 Å². The number of hydrogen-bond donors (Lipinski definition) is 3. The summed E-state index contributed by atoms with van der Waals surface area (Å²) in [4.78, 5) is 24.8. The van der Waals surface area contributed by atoms with Crippen LogP contribution in [-0.2, 0) is 20.7 Å². The number of fused-ring (bicyclic) bond motifs is 1. The third-order valence-electron chi connectivity index (χ3n) is 6.28. The van der Waals surface area contributed by atoms with Gasteiger partial charge in [-0.15, -0.1) is 0 Å². The number of aliphatic hydroxyl groups is 1. The van der Waals surface area contributed by atoms with E-state index in [1.807, 2.05) is 18.2 Å². The fourth-order valence-corrected chi connectivity index (χ4v) is 4.46. The van der Waals surface area contributed by atoms with Crippen molar-refractivity contribution in [2.75, 3.05) is 38.2 Å². The summed E-state index contributed by atoms with van der Waals surface area (Å²) in [7, 11) is 0. The van der Waals surface area contributed by atoms with E-state index in [-0.39, 0.29) is 29.4 Å². The number of hydrogen-bond acceptors (Lipinski definition) is 8. The number of carbonyl (C=O) groups is 2. The summed E-state index contributed by atoms with van der Waals surface area (Å²) in [5.41, 5.74) is 1.01. The number of carbonyl (C=O) groups excluding carboxylic acids is 2. The predicted molar refractivity (Wildman–Crippen MR) is 124 cm³/mol. The van der Waals surface area contributed by atoms with Crippen LogP contribution < -0.4 is 14.8 Å². The SMILES string of the molecule is O=C(COC(=O)C(F)(F)F)Nc1ccc(O)cc1OC[C@H](O)CN1CCC2(CC1)Cc1ccccc1O2. The number of phenolic OH excluding ortho intramolecular Hbond substituents is 1. The lowest BCUT2D eigenvalue weighted by molar-refractivity contribution is -0.199. The van der Waals surface area contributed by atoms with Gasteiger partial charge in [0.25, 0.3) is 5.91 Å². The highest BCUT2D eigenvalue weighted by Gasteiger charge is 2.42. The highest BCUT2D eigenvalue weighted by Crippen LogP contribution is 2.40. The van der Waals surface area contributed by atoms with Crippen LogP contribution in [0.1, 0.15) is 18.4 Å². The predicted octanol–water partition coefficient (Wildman–Crippen LogP) is 2.65. The Bertz CT molecular complexity index is 1110. The zero-order valence-electron chi connectivity index (χ0n) is 19.8. The van der Waals surface area contributed by atoms with Gasteiger partial charge in [-0.05, 0) is 23.8 Å². The number of rotatable bonds is 8. The molecule has 1 fully saturated rings. The molecule has 200 valence electrons. The first-order valence-electron chi connectivity index (χ1n) is 11.7. The molecular weight excluding hydrogens is 497 g/mol. The van der Waals surface area contributed by atoms with Gasteiger partial charge in [0.05, 0.1) is 5.69 Å². The summed E-state index contributed by atoms with van der Waals surface area (Å²) in [6.07, 6.45) is -3.61. The van der Waals surface area contributed by atoms with Crippen molar-refractivity contribution < 1.29 is 47.2 Å². The van der Waals surface area contributed by atoms with Crippen molar-refractivity contribution in [3.63, 3.8) is 0 Å². The fourth-order valence-electron chi connectivity index (χ4n) is 4.46. The van der Waals surface area contributed by atoms with Crippen LogP contribution >= 0.6 is 0 Å². The number of nitrogens with one attached hydrogen (secondary N) is 1. The summed E-state index contributed by atoms with van der Waals surface area (Å²) in [5.74, 6) is -2.79. The summed E-state index contributed by atoms with van der Waals surface area (Å²) in [5, 5.41) is 22.5. The largest absolute Gasteiger partial charge is 0.508 e. The number of likely N-dealkylation sites (tertiary alicyclic amines) is 1. The molecule has 0 unspecified atom stereocenters. The number of aromatic hydroxyl groups is 1. The van der Waals surface area contributed by atoms with Crippen molar-refractivity contribution in [1.29, 1.82) is 0 Å². The normalized spacial score (nSPS) is 17.5. The molecule has 9 nitrogen and oxygen atoms in total. The van der Waals surface area contributed by atoms with Gasteiger partial charge in [-0.3, -0.25) is 4.79 Å². The van der Waals surface area contributed by atoms with E-state index < -0.39 is 30.8 Å². The van der Waals surface area contributed by atoms with Gasteiger partial charge in [-0.1, -0.05) is 18.2 Å². The zero-order chi connectivity index (χ0) is 26.6. The number of halogens is 3. The summed E-state index contributed by atoms with van der Waals surface area (Å²) >= 11 is 0. The number of ether oxygens (including phenoxy) is 3. The van der Waals surface area contributed by atoms with Crippen LogP contribution in [0.5, 0.6) is 17.2 Å². The second kappa shape index (κ2) is 10.9. The van der Waals surface area contributed by atoms with E-state index >= 15 is 0 Å². The van der Waals surface area contributed by atoms with Crippen LogP contribution in [0.15, 0.2) is 42.5 Å². The minimum Gasteiger partial charge on any atom is -0.508 e. The Morgan fingerprint density at radius 3 is 2.59 bits per heavy atom. The molecule has 37 heavy (non-hydrogen) atoms. The number of aliphatic hydroxyl groups excluding tert-OH is 1. The molecule has 0 bridgehead atoms. The molecule has 12 heteroatoms. The quantitative estimate of drug-likeness (QED) is 0.357. The van der Waals surface area contributed by atoms with E-state index in [1.165, 1.54) is 23.8 Å². The number of anilines is 1. The van der Waals surface area contributed by atoms with E-state index in [0.717, 1.165) is 38.1 Å². The van der Waals surface area contributed by atoms with E-state index in [4.69, 9.17) is 9.47 Å². The van der Waals surface area contributed by atoms with Gasteiger partial charge in [0.15, 0.2) is 6.61 Å². The lowest BCUT2D eigenvalue weighted by Crippen LogP contribution is -2.49. The second-order valence-electron chi connectivity index (χ2n) is 9.14. The minimum absolute atomic E-state index is 0.00994. The molecule has 3 N–H and O–H groups in total. The molecule has 1 saturated heterocycles. The molecular formula is C25H27F3N2O7. The van der Waals surface area contributed by atoms with E-state index in [2.05, 4.69) is 21.0 Å². The Kier molecular flexibility index (Phi) is 7.79. The number of esters is 1. The molecule has 0 radical (unpaired) electrons. The summed E-state index contributed by atoms with van der Waals surface area (Å²) < 4.78 is 52.4. The van der Waals surface area contributed by atoms with E-state index in [0.29, 0.717) is 6.54 Å². The molecule has 2 aliphatic heterocycles. The molecule has 2 heterocycles. The molecule has 0 aliphatic carbocycles. The highest BCUT2D eigenvalue weighted by atomic mass is 19.4.